The van der Waals surface area contributed by atoms with Crippen LogP contribution in [0.25, 0.3) is 11.2 Å². The van der Waals surface area contributed by atoms with Gasteiger partial charge in [-0.05, 0) is 5.92 Å². The first-order valence-corrected chi connectivity index (χ1v) is 9.20. The second-order valence-electron chi connectivity index (χ2n) is 7.29. The average Bonchev–Trinajstić information content (AvgIpc) is 3.18. The van der Waals surface area contributed by atoms with Gasteiger partial charge in [0.15, 0.2) is 17.7 Å². The Kier molecular flexibility index (Phi) is 4.78. The highest BCUT2D eigenvalue weighted by Gasteiger charge is 2.44. The van der Waals surface area contributed by atoms with E-state index in [0.29, 0.717) is 28.7 Å². The Balaban J connectivity index is 1.66. The number of rotatable bonds is 4. The fourth-order valence-corrected chi connectivity index (χ4v) is 4.02. The molecule has 0 bridgehead atoms. The van der Waals surface area contributed by atoms with Gasteiger partial charge in [0.05, 0.1) is 12.9 Å². The first-order chi connectivity index (χ1) is 12.6. The number of nitrogens with zero attached hydrogens (tertiary/aromatic N) is 4. The first-order valence-electron chi connectivity index (χ1n) is 9.20. The fourth-order valence-electron chi connectivity index (χ4n) is 4.02. The van der Waals surface area contributed by atoms with Crippen molar-refractivity contribution in [2.45, 2.75) is 63.1 Å². The molecular formula is C17H25N5O4. The molecule has 5 N–H and O–H groups in total. The maximum absolute atomic E-state index is 10.3. The molecule has 0 unspecified atom stereocenters. The lowest BCUT2D eigenvalue weighted by Crippen LogP contribution is -2.33. The molecule has 142 valence electrons. The normalized spacial score (nSPS) is 30.3. The van der Waals surface area contributed by atoms with E-state index in [1.54, 1.807) is 4.57 Å². The van der Waals surface area contributed by atoms with E-state index in [1.807, 2.05) is 0 Å². The van der Waals surface area contributed by atoms with Crippen molar-refractivity contribution < 1.29 is 20.1 Å². The van der Waals surface area contributed by atoms with Gasteiger partial charge in [-0.3, -0.25) is 4.57 Å². The van der Waals surface area contributed by atoms with Crippen LogP contribution in [0.4, 0.5) is 5.82 Å². The van der Waals surface area contributed by atoms with Crippen LogP contribution in [0.2, 0.25) is 0 Å². The highest BCUT2D eigenvalue weighted by atomic mass is 16.6. The number of imidazole rings is 1. The summed E-state index contributed by atoms with van der Waals surface area (Å²) in [7, 11) is 0. The van der Waals surface area contributed by atoms with Crippen molar-refractivity contribution in [3.63, 3.8) is 0 Å². The summed E-state index contributed by atoms with van der Waals surface area (Å²) < 4.78 is 7.15. The Morgan fingerprint density at radius 1 is 1.15 bits per heavy atom. The Labute approximate surface area is 150 Å². The van der Waals surface area contributed by atoms with Crippen LogP contribution in [-0.4, -0.2) is 59.8 Å². The third kappa shape index (κ3) is 3.05. The van der Waals surface area contributed by atoms with Crippen molar-refractivity contribution in [3.05, 3.63) is 12.2 Å². The van der Waals surface area contributed by atoms with E-state index in [1.165, 1.54) is 38.4 Å². The van der Waals surface area contributed by atoms with Gasteiger partial charge in [0, 0.05) is 6.42 Å². The van der Waals surface area contributed by atoms with Crippen LogP contribution in [0.1, 0.15) is 44.2 Å². The molecule has 1 aliphatic carbocycles. The van der Waals surface area contributed by atoms with Gasteiger partial charge in [0.1, 0.15) is 29.7 Å². The minimum atomic E-state index is -1.19. The average molecular weight is 363 g/mol. The SMILES string of the molecule is Nc1nc(CC2CCCCC2)nc2c1ncn2[C@@H]1O[C@H](CO)[C@@H](O)[C@H]1O. The zero-order chi connectivity index (χ0) is 18.3. The standard InChI is InChI=1S/C17H25N5O4/c18-15-12-16(21-11(20-15)6-9-4-2-1-3-5-9)22(8-19-12)17-14(25)13(24)10(7-23)26-17/h8-10,13-14,17,23-25H,1-7H2,(H2,18,20,21)/t10-,13-,14-,17-/m1/s1. The Hall–Kier alpha value is -1.81. The molecule has 4 atom stereocenters. The van der Waals surface area contributed by atoms with E-state index < -0.39 is 24.5 Å². The number of nitrogen functional groups attached to an aromatic ring is 1. The van der Waals surface area contributed by atoms with E-state index in [-0.39, 0.29) is 6.61 Å². The van der Waals surface area contributed by atoms with Gasteiger partial charge in [-0.15, -0.1) is 0 Å². The molecule has 1 aliphatic heterocycles. The zero-order valence-electron chi connectivity index (χ0n) is 14.5. The number of hydrogen-bond acceptors (Lipinski definition) is 8. The summed E-state index contributed by atoms with van der Waals surface area (Å²) in [5.74, 6) is 1.52. The molecule has 0 spiro atoms. The molecule has 9 heteroatoms. The topological polar surface area (TPSA) is 140 Å². The van der Waals surface area contributed by atoms with Gasteiger partial charge in [0.2, 0.25) is 0 Å². The first kappa shape index (κ1) is 17.6. The maximum atomic E-state index is 10.3. The summed E-state index contributed by atoms with van der Waals surface area (Å²) in [6.07, 6.45) is 4.25. The summed E-state index contributed by atoms with van der Waals surface area (Å²) in [5.41, 5.74) is 6.98. The lowest BCUT2D eigenvalue weighted by atomic mass is 9.87. The van der Waals surface area contributed by atoms with Crippen LogP contribution >= 0.6 is 0 Å². The minimum absolute atomic E-state index is 0.298. The van der Waals surface area contributed by atoms with Crippen molar-refractivity contribution in [2.75, 3.05) is 12.3 Å². The molecule has 2 fully saturated rings. The van der Waals surface area contributed by atoms with E-state index in [9.17, 15) is 15.3 Å². The minimum Gasteiger partial charge on any atom is -0.394 e. The molecule has 0 amide bonds. The molecule has 9 nitrogen and oxygen atoms in total. The zero-order valence-corrected chi connectivity index (χ0v) is 14.5. The third-order valence-corrected chi connectivity index (χ3v) is 5.48. The van der Waals surface area contributed by atoms with Gasteiger partial charge >= 0.3 is 0 Å². The molecule has 3 heterocycles. The summed E-state index contributed by atoms with van der Waals surface area (Å²) >= 11 is 0. The smallest absolute Gasteiger partial charge is 0.167 e. The second kappa shape index (κ2) is 7.07. The third-order valence-electron chi connectivity index (χ3n) is 5.48. The number of hydrogen-bond donors (Lipinski definition) is 4. The van der Waals surface area contributed by atoms with Gasteiger partial charge in [-0.1, -0.05) is 32.1 Å². The predicted octanol–water partition coefficient (Wildman–Crippen LogP) is 0.143. The number of nitrogens with two attached hydrogens (primary N) is 1. The molecule has 0 radical (unpaired) electrons. The molecule has 1 saturated heterocycles. The summed E-state index contributed by atoms with van der Waals surface area (Å²) in [4.78, 5) is 13.3. The van der Waals surface area contributed by atoms with E-state index in [4.69, 9.17) is 10.5 Å². The number of fused-ring (bicyclic) bond motifs is 1. The highest BCUT2D eigenvalue weighted by Crippen LogP contribution is 2.32. The Morgan fingerprint density at radius 2 is 1.92 bits per heavy atom. The van der Waals surface area contributed by atoms with E-state index in [2.05, 4.69) is 15.0 Å². The lowest BCUT2D eigenvalue weighted by Gasteiger charge is -2.21. The molecule has 2 aromatic heterocycles. The number of anilines is 1. The van der Waals surface area contributed by atoms with E-state index >= 15 is 0 Å². The van der Waals surface area contributed by atoms with Crippen molar-refractivity contribution in [2.24, 2.45) is 5.92 Å². The quantitative estimate of drug-likeness (QED) is 0.601. The molecular weight excluding hydrogens is 338 g/mol. The second-order valence-corrected chi connectivity index (χ2v) is 7.29. The molecule has 0 aromatic carbocycles. The number of ether oxygens (including phenoxy) is 1. The van der Waals surface area contributed by atoms with Gasteiger partial charge in [0.25, 0.3) is 0 Å². The van der Waals surface area contributed by atoms with Crippen molar-refractivity contribution in [1.82, 2.24) is 19.5 Å². The van der Waals surface area contributed by atoms with Gasteiger partial charge < -0.3 is 25.8 Å². The molecule has 2 aromatic rings. The molecule has 2 aliphatic rings. The maximum Gasteiger partial charge on any atom is 0.167 e. The van der Waals surface area contributed by atoms with Crippen LogP contribution in [0, 0.1) is 5.92 Å². The Bertz CT molecular complexity index is 776. The van der Waals surface area contributed by atoms with E-state index in [0.717, 1.165) is 6.42 Å². The number of aliphatic hydroxyl groups is 3. The highest BCUT2D eigenvalue weighted by molar-refractivity contribution is 5.81. The van der Waals surface area contributed by atoms with Crippen LogP contribution in [-0.2, 0) is 11.2 Å². The van der Waals surface area contributed by atoms with Gasteiger partial charge in [-0.2, -0.15) is 0 Å². The predicted molar refractivity (Wildman–Crippen MR) is 93.0 cm³/mol. The lowest BCUT2D eigenvalue weighted by molar-refractivity contribution is -0.0511. The largest absolute Gasteiger partial charge is 0.394 e. The van der Waals surface area contributed by atoms with Crippen molar-refractivity contribution in [1.29, 1.82) is 0 Å². The van der Waals surface area contributed by atoms with Crippen LogP contribution in [0.5, 0.6) is 0 Å². The van der Waals surface area contributed by atoms with Crippen molar-refractivity contribution >= 4 is 17.0 Å². The Morgan fingerprint density at radius 3 is 2.62 bits per heavy atom. The molecule has 26 heavy (non-hydrogen) atoms. The fraction of sp³-hybridized carbons (Fsp3) is 0.706. The molecule has 1 saturated carbocycles. The monoisotopic (exact) mass is 363 g/mol. The summed E-state index contributed by atoms with van der Waals surface area (Å²) in [6.45, 7) is -0.384. The molecule has 4 rings (SSSR count). The number of aliphatic hydroxyl groups excluding tert-OH is 3. The van der Waals surface area contributed by atoms with Gasteiger partial charge in [-0.25, -0.2) is 15.0 Å². The van der Waals surface area contributed by atoms with Crippen LogP contribution in [0.15, 0.2) is 6.33 Å². The van der Waals surface area contributed by atoms with Crippen molar-refractivity contribution in [3.8, 4) is 0 Å². The van der Waals surface area contributed by atoms with Crippen LogP contribution in [0.3, 0.4) is 0 Å². The summed E-state index contributed by atoms with van der Waals surface area (Å²) in [5, 5.41) is 29.6. The van der Waals surface area contributed by atoms with Crippen LogP contribution < -0.4 is 5.73 Å². The number of aromatic nitrogens is 4. The summed E-state index contributed by atoms with van der Waals surface area (Å²) in [6, 6.07) is 0.